The second kappa shape index (κ2) is 8.23. The standard InChI is InChI=1S/C19H14FIN2O4S/c1-26-15-9-11(21)7-10(16(15)27-2)8-12-17(24)22-19(28)23(18(12)25)14-6-4-3-5-13(14)20/h3-9H,1-2H3,(H,22,24,28)/b12-8+. The Hall–Kier alpha value is -2.53. The molecule has 0 spiro atoms. The number of rotatable bonds is 4. The van der Waals surface area contributed by atoms with Gasteiger partial charge in [0.2, 0.25) is 0 Å². The highest BCUT2D eigenvalue weighted by Gasteiger charge is 2.36. The van der Waals surface area contributed by atoms with Crippen molar-refractivity contribution in [1.82, 2.24) is 5.32 Å². The van der Waals surface area contributed by atoms with Crippen LogP contribution in [-0.4, -0.2) is 31.1 Å². The molecule has 1 saturated heterocycles. The topological polar surface area (TPSA) is 67.9 Å². The molecule has 2 aromatic carbocycles. The van der Waals surface area contributed by atoms with Gasteiger partial charge in [-0.3, -0.25) is 14.9 Å². The molecule has 0 saturated carbocycles. The van der Waals surface area contributed by atoms with E-state index in [0.717, 1.165) is 8.47 Å². The fraction of sp³-hybridized carbons (Fsp3) is 0.105. The van der Waals surface area contributed by atoms with E-state index in [4.69, 9.17) is 21.7 Å². The van der Waals surface area contributed by atoms with E-state index >= 15 is 0 Å². The van der Waals surface area contributed by atoms with Crippen LogP contribution in [0.2, 0.25) is 0 Å². The number of benzene rings is 2. The molecule has 3 rings (SSSR count). The summed E-state index contributed by atoms with van der Waals surface area (Å²) in [4.78, 5) is 26.4. The van der Waals surface area contributed by atoms with Crippen molar-refractivity contribution in [3.05, 3.63) is 56.9 Å². The molecule has 0 radical (unpaired) electrons. The third-order valence-electron chi connectivity index (χ3n) is 3.97. The maximum atomic E-state index is 14.2. The summed E-state index contributed by atoms with van der Waals surface area (Å²) in [6.45, 7) is 0. The molecule has 2 amide bonds. The smallest absolute Gasteiger partial charge is 0.270 e. The zero-order valence-corrected chi connectivity index (χ0v) is 17.8. The highest BCUT2D eigenvalue weighted by Crippen LogP contribution is 2.35. The molecule has 2 aromatic rings. The van der Waals surface area contributed by atoms with E-state index in [-0.39, 0.29) is 16.4 Å². The molecule has 0 aromatic heterocycles. The predicted octanol–water partition coefficient (Wildman–Crippen LogP) is 3.28. The molecular formula is C19H14FIN2O4S. The van der Waals surface area contributed by atoms with Crippen LogP contribution >= 0.6 is 34.8 Å². The van der Waals surface area contributed by atoms with E-state index in [1.807, 2.05) is 0 Å². The largest absolute Gasteiger partial charge is 0.493 e. The summed E-state index contributed by atoms with van der Waals surface area (Å²) in [5.41, 5.74) is 0.209. The van der Waals surface area contributed by atoms with Crippen molar-refractivity contribution in [2.24, 2.45) is 0 Å². The number of carbonyl (C=O) groups excluding carboxylic acids is 2. The van der Waals surface area contributed by atoms with Gasteiger partial charge in [-0.05, 0) is 65.2 Å². The SMILES string of the molecule is COc1cc(I)cc(/C=C2\C(=O)NC(=S)N(c3ccccc3F)C2=O)c1OC. The van der Waals surface area contributed by atoms with Crippen LogP contribution in [0, 0.1) is 9.39 Å². The number of hydrogen-bond acceptors (Lipinski definition) is 5. The summed E-state index contributed by atoms with van der Waals surface area (Å²) in [7, 11) is 2.94. The van der Waals surface area contributed by atoms with E-state index in [9.17, 15) is 14.0 Å². The minimum Gasteiger partial charge on any atom is -0.493 e. The number of methoxy groups -OCH3 is 2. The van der Waals surface area contributed by atoms with Crippen molar-refractivity contribution >= 4 is 63.5 Å². The molecule has 0 bridgehead atoms. The highest BCUT2D eigenvalue weighted by molar-refractivity contribution is 14.1. The number of hydrogen-bond donors (Lipinski definition) is 1. The number of nitrogens with zero attached hydrogens (tertiary/aromatic N) is 1. The van der Waals surface area contributed by atoms with Gasteiger partial charge in [-0.2, -0.15) is 0 Å². The Morgan fingerprint density at radius 3 is 2.54 bits per heavy atom. The minimum absolute atomic E-state index is 0.0458. The molecule has 28 heavy (non-hydrogen) atoms. The number of nitrogens with one attached hydrogen (secondary N) is 1. The van der Waals surface area contributed by atoms with E-state index in [1.165, 1.54) is 38.5 Å². The average molecular weight is 512 g/mol. The predicted molar refractivity (Wildman–Crippen MR) is 115 cm³/mol. The Bertz CT molecular complexity index is 1020. The van der Waals surface area contributed by atoms with Gasteiger partial charge in [0.1, 0.15) is 11.4 Å². The number of para-hydroxylation sites is 1. The molecule has 6 nitrogen and oxygen atoms in total. The fourth-order valence-corrected chi connectivity index (χ4v) is 3.62. The lowest BCUT2D eigenvalue weighted by Crippen LogP contribution is -2.54. The van der Waals surface area contributed by atoms with Crippen LogP contribution in [0.5, 0.6) is 11.5 Å². The van der Waals surface area contributed by atoms with Gasteiger partial charge >= 0.3 is 0 Å². The molecule has 0 atom stereocenters. The van der Waals surface area contributed by atoms with Crippen LogP contribution < -0.4 is 19.7 Å². The monoisotopic (exact) mass is 512 g/mol. The molecular weight excluding hydrogens is 498 g/mol. The summed E-state index contributed by atoms with van der Waals surface area (Å²) in [6, 6.07) is 9.17. The maximum absolute atomic E-state index is 14.2. The Kier molecular flexibility index (Phi) is 5.94. The number of halogens is 2. The van der Waals surface area contributed by atoms with Gasteiger partial charge in [-0.25, -0.2) is 9.29 Å². The summed E-state index contributed by atoms with van der Waals surface area (Å²) >= 11 is 7.16. The molecule has 1 heterocycles. The molecule has 1 aliphatic rings. The van der Waals surface area contributed by atoms with E-state index in [0.29, 0.717) is 17.1 Å². The van der Waals surface area contributed by atoms with Crippen molar-refractivity contribution in [2.45, 2.75) is 0 Å². The van der Waals surface area contributed by atoms with Crippen LogP contribution in [0.1, 0.15) is 5.56 Å². The third-order valence-corrected chi connectivity index (χ3v) is 4.87. The van der Waals surface area contributed by atoms with Crippen LogP contribution in [-0.2, 0) is 9.59 Å². The van der Waals surface area contributed by atoms with Gasteiger partial charge < -0.3 is 9.47 Å². The summed E-state index contributed by atoms with van der Waals surface area (Å²) in [5.74, 6) is -1.24. The third kappa shape index (κ3) is 3.72. The van der Waals surface area contributed by atoms with E-state index in [2.05, 4.69) is 27.9 Å². The summed E-state index contributed by atoms with van der Waals surface area (Å²) in [6.07, 6.45) is 1.37. The van der Waals surface area contributed by atoms with Gasteiger partial charge in [0.25, 0.3) is 11.8 Å². The number of thiocarbonyl (C=S) groups is 1. The lowest BCUT2D eigenvalue weighted by molar-refractivity contribution is -0.122. The molecule has 1 aliphatic heterocycles. The highest BCUT2D eigenvalue weighted by atomic mass is 127. The summed E-state index contributed by atoms with van der Waals surface area (Å²) < 4.78 is 25.7. The molecule has 0 aliphatic carbocycles. The first kappa shape index (κ1) is 20.2. The normalized spacial score (nSPS) is 15.6. The fourth-order valence-electron chi connectivity index (χ4n) is 2.73. The molecule has 0 unspecified atom stereocenters. The molecule has 1 N–H and O–H groups in total. The quantitative estimate of drug-likeness (QED) is 0.295. The first-order valence-corrected chi connectivity index (χ1v) is 9.43. The van der Waals surface area contributed by atoms with E-state index < -0.39 is 17.6 Å². The van der Waals surface area contributed by atoms with Gasteiger partial charge in [-0.15, -0.1) is 0 Å². The number of ether oxygens (including phenoxy) is 2. The second-order valence-electron chi connectivity index (χ2n) is 5.64. The second-order valence-corrected chi connectivity index (χ2v) is 7.27. The van der Waals surface area contributed by atoms with Gasteiger partial charge in [0.15, 0.2) is 16.6 Å². The van der Waals surface area contributed by atoms with Crippen LogP contribution in [0.15, 0.2) is 42.0 Å². The minimum atomic E-state index is -0.737. The van der Waals surface area contributed by atoms with Crippen LogP contribution in [0.25, 0.3) is 6.08 Å². The number of anilines is 1. The van der Waals surface area contributed by atoms with Gasteiger partial charge in [0, 0.05) is 9.13 Å². The average Bonchev–Trinajstić information content (AvgIpc) is 2.66. The van der Waals surface area contributed by atoms with Crippen molar-refractivity contribution < 1.29 is 23.5 Å². The van der Waals surface area contributed by atoms with Crippen molar-refractivity contribution in [2.75, 3.05) is 19.1 Å². The summed E-state index contributed by atoms with van der Waals surface area (Å²) in [5, 5.41) is 2.23. The Balaban J connectivity index is 2.13. The lowest BCUT2D eigenvalue weighted by Gasteiger charge is -2.29. The zero-order chi connectivity index (χ0) is 20.4. The van der Waals surface area contributed by atoms with Crippen molar-refractivity contribution in [3.8, 4) is 11.5 Å². The van der Waals surface area contributed by atoms with Gasteiger partial charge in [-0.1, -0.05) is 12.1 Å². The Morgan fingerprint density at radius 1 is 1.18 bits per heavy atom. The Morgan fingerprint density at radius 2 is 1.89 bits per heavy atom. The Labute approximate surface area is 179 Å². The molecule has 1 fully saturated rings. The van der Waals surface area contributed by atoms with Crippen LogP contribution in [0.3, 0.4) is 0 Å². The van der Waals surface area contributed by atoms with Crippen molar-refractivity contribution in [3.63, 3.8) is 0 Å². The van der Waals surface area contributed by atoms with Gasteiger partial charge in [0.05, 0.1) is 19.9 Å². The number of amides is 2. The lowest BCUT2D eigenvalue weighted by atomic mass is 10.1. The molecule has 9 heteroatoms. The van der Waals surface area contributed by atoms with Crippen molar-refractivity contribution in [1.29, 1.82) is 0 Å². The molecule has 144 valence electrons. The first-order valence-electron chi connectivity index (χ1n) is 7.95. The zero-order valence-electron chi connectivity index (χ0n) is 14.8. The van der Waals surface area contributed by atoms with E-state index in [1.54, 1.807) is 18.2 Å². The first-order chi connectivity index (χ1) is 13.4. The van der Waals surface area contributed by atoms with Crippen LogP contribution in [0.4, 0.5) is 10.1 Å². The maximum Gasteiger partial charge on any atom is 0.270 e. The number of carbonyl (C=O) groups is 2.